The molecule has 7 heteroatoms. The summed E-state index contributed by atoms with van der Waals surface area (Å²) < 4.78 is 20.2. The molecule has 3 aromatic rings. The Hall–Kier alpha value is -3.06. The number of halogens is 1. The lowest BCUT2D eigenvalue weighted by atomic mass is 10.0. The Morgan fingerprint density at radius 2 is 1.82 bits per heavy atom. The average molecular weight is 399 g/mol. The number of amides is 1. The topological polar surface area (TPSA) is 59.3 Å². The summed E-state index contributed by atoms with van der Waals surface area (Å²) in [5.74, 6) is -1.14. The third-order valence-electron chi connectivity index (χ3n) is 4.06. The predicted octanol–water partition coefficient (Wildman–Crippen LogP) is 3.97. The number of ether oxygens (including phenoxy) is 1. The Kier molecular flexibility index (Phi) is 6.16. The van der Waals surface area contributed by atoms with Gasteiger partial charge in [-0.3, -0.25) is 4.79 Å². The van der Waals surface area contributed by atoms with Crippen LogP contribution in [0.2, 0.25) is 0 Å². The highest BCUT2D eigenvalue weighted by Gasteiger charge is 2.23. The van der Waals surface area contributed by atoms with Crippen molar-refractivity contribution in [1.82, 2.24) is 0 Å². The maximum atomic E-state index is 13.2. The lowest BCUT2D eigenvalue weighted by molar-refractivity contribution is -0.684. The molecule has 144 valence electrons. The number of rotatable bonds is 6. The number of carbonyl (C=O) groups excluding carboxylic acids is 2. The molecule has 0 bridgehead atoms. The molecule has 0 saturated heterocycles. The highest BCUT2D eigenvalue weighted by Crippen LogP contribution is 2.36. The van der Waals surface area contributed by atoms with Gasteiger partial charge in [0.1, 0.15) is 16.4 Å². The number of pyridine rings is 1. The van der Waals surface area contributed by atoms with Crippen molar-refractivity contribution in [3.05, 3.63) is 71.1 Å². The van der Waals surface area contributed by atoms with E-state index < -0.39 is 5.97 Å². The number of aryl methyl sites for hydroxylation is 1. The Bertz CT molecular complexity index is 982. The first-order valence-corrected chi connectivity index (χ1v) is 9.66. The summed E-state index contributed by atoms with van der Waals surface area (Å²) in [5.41, 5.74) is 2.65. The number of esters is 1. The fourth-order valence-corrected chi connectivity index (χ4v) is 3.64. The molecule has 28 heavy (non-hydrogen) atoms. The van der Waals surface area contributed by atoms with Gasteiger partial charge in [0.15, 0.2) is 12.4 Å². The second-order valence-corrected chi connectivity index (χ2v) is 7.06. The number of aromatic nitrogens is 1. The van der Waals surface area contributed by atoms with Gasteiger partial charge in [0.2, 0.25) is 6.54 Å². The van der Waals surface area contributed by atoms with Gasteiger partial charge < -0.3 is 10.1 Å². The minimum atomic E-state index is -0.527. The lowest BCUT2D eigenvalue weighted by Crippen LogP contribution is -2.39. The third-order valence-corrected chi connectivity index (χ3v) is 4.96. The first-order valence-electron chi connectivity index (χ1n) is 8.78. The van der Waals surface area contributed by atoms with Gasteiger partial charge in [-0.1, -0.05) is 12.1 Å². The van der Waals surface area contributed by atoms with E-state index in [0.29, 0.717) is 16.1 Å². The minimum Gasteiger partial charge on any atom is -0.462 e. The first-order chi connectivity index (χ1) is 13.5. The molecule has 0 aliphatic heterocycles. The van der Waals surface area contributed by atoms with Crippen molar-refractivity contribution in [2.45, 2.75) is 20.4 Å². The smallest absolute Gasteiger partial charge is 0.341 e. The fourth-order valence-electron chi connectivity index (χ4n) is 2.67. The van der Waals surface area contributed by atoms with Gasteiger partial charge in [0.25, 0.3) is 5.91 Å². The molecular formula is C21H20FN2O3S+. The van der Waals surface area contributed by atoms with Gasteiger partial charge in [0.05, 0.1) is 6.61 Å². The molecule has 0 aliphatic rings. The summed E-state index contributed by atoms with van der Waals surface area (Å²) in [5, 5.41) is 4.97. The molecule has 0 unspecified atom stereocenters. The van der Waals surface area contributed by atoms with E-state index in [9.17, 15) is 14.0 Å². The number of anilines is 1. The number of nitrogens with one attached hydrogen (secondary N) is 1. The molecule has 0 fully saturated rings. The number of benzene rings is 1. The predicted molar refractivity (Wildman–Crippen MR) is 106 cm³/mol. The summed E-state index contributed by atoms with van der Waals surface area (Å²) in [4.78, 5) is 25.0. The van der Waals surface area contributed by atoms with Gasteiger partial charge >= 0.3 is 5.97 Å². The van der Waals surface area contributed by atoms with E-state index in [2.05, 4.69) is 5.32 Å². The number of nitrogens with zero attached hydrogens (tertiary/aromatic N) is 1. The molecule has 0 spiro atoms. The highest BCUT2D eigenvalue weighted by atomic mass is 32.1. The zero-order valence-electron chi connectivity index (χ0n) is 15.6. The van der Waals surface area contributed by atoms with Crippen LogP contribution in [0.1, 0.15) is 22.8 Å². The second kappa shape index (κ2) is 8.75. The standard InChI is InChI=1S/C21H19FN2O3S/c1-3-27-21(26)19-17(15-4-6-16(22)7-5-15)13-28-20(19)23-18(25)12-24-10-8-14(2)9-11-24/h4-11,13H,3,12H2,1-2H3/p+1. The molecule has 2 heterocycles. The van der Waals surface area contributed by atoms with E-state index >= 15 is 0 Å². The molecule has 0 radical (unpaired) electrons. The van der Waals surface area contributed by atoms with E-state index in [1.807, 2.05) is 31.5 Å². The van der Waals surface area contributed by atoms with Crippen LogP contribution in [0, 0.1) is 12.7 Å². The van der Waals surface area contributed by atoms with E-state index in [0.717, 1.165) is 5.56 Å². The van der Waals surface area contributed by atoms with E-state index in [1.165, 1.54) is 23.5 Å². The normalized spacial score (nSPS) is 10.5. The molecule has 3 rings (SSSR count). The fraction of sp³-hybridized carbons (Fsp3) is 0.190. The highest BCUT2D eigenvalue weighted by molar-refractivity contribution is 7.15. The lowest BCUT2D eigenvalue weighted by Gasteiger charge is -2.08. The molecule has 5 nitrogen and oxygen atoms in total. The van der Waals surface area contributed by atoms with Crippen LogP contribution in [0.4, 0.5) is 9.39 Å². The van der Waals surface area contributed by atoms with Crippen LogP contribution in [-0.4, -0.2) is 18.5 Å². The van der Waals surface area contributed by atoms with Crippen LogP contribution in [0.15, 0.2) is 54.2 Å². The maximum Gasteiger partial charge on any atom is 0.341 e. The quantitative estimate of drug-likeness (QED) is 0.504. The van der Waals surface area contributed by atoms with Crippen LogP contribution >= 0.6 is 11.3 Å². The second-order valence-electron chi connectivity index (χ2n) is 6.18. The Morgan fingerprint density at radius 3 is 2.46 bits per heavy atom. The van der Waals surface area contributed by atoms with Crippen molar-refractivity contribution in [3.63, 3.8) is 0 Å². The van der Waals surface area contributed by atoms with Crippen molar-refractivity contribution in [3.8, 4) is 11.1 Å². The zero-order valence-corrected chi connectivity index (χ0v) is 16.4. The molecule has 0 atom stereocenters. The van der Waals surface area contributed by atoms with E-state index in [4.69, 9.17) is 4.74 Å². The molecule has 2 aromatic heterocycles. The van der Waals surface area contributed by atoms with Crippen LogP contribution in [-0.2, 0) is 16.1 Å². The van der Waals surface area contributed by atoms with Crippen LogP contribution < -0.4 is 9.88 Å². The van der Waals surface area contributed by atoms with Crippen molar-refractivity contribution in [2.75, 3.05) is 11.9 Å². The summed E-state index contributed by atoms with van der Waals surface area (Å²) >= 11 is 1.23. The van der Waals surface area contributed by atoms with Gasteiger partial charge in [-0.25, -0.2) is 9.18 Å². The van der Waals surface area contributed by atoms with Gasteiger partial charge in [-0.15, -0.1) is 11.3 Å². The van der Waals surface area contributed by atoms with Crippen LogP contribution in [0.5, 0.6) is 0 Å². The number of carbonyl (C=O) groups is 2. The van der Waals surface area contributed by atoms with Crippen LogP contribution in [0.25, 0.3) is 11.1 Å². The van der Waals surface area contributed by atoms with Crippen LogP contribution in [0.3, 0.4) is 0 Å². The average Bonchev–Trinajstić information content (AvgIpc) is 3.08. The third kappa shape index (κ3) is 4.61. The van der Waals surface area contributed by atoms with Gasteiger partial charge in [-0.2, -0.15) is 4.57 Å². The van der Waals surface area contributed by atoms with Crippen molar-refractivity contribution in [1.29, 1.82) is 0 Å². The summed E-state index contributed by atoms with van der Waals surface area (Å²) in [6.07, 6.45) is 3.64. The molecule has 0 aliphatic carbocycles. The van der Waals surface area contributed by atoms with Gasteiger partial charge in [-0.05, 0) is 37.1 Å². The van der Waals surface area contributed by atoms with E-state index in [1.54, 1.807) is 29.0 Å². The first kappa shape index (κ1) is 19.7. The molecule has 1 N–H and O–H groups in total. The Morgan fingerprint density at radius 1 is 1.14 bits per heavy atom. The zero-order chi connectivity index (χ0) is 20.1. The minimum absolute atomic E-state index is 0.117. The molecular weight excluding hydrogens is 379 g/mol. The van der Waals surface area contributed by atoms with Crippen molar-refractivity contribution >= 4 is 28.2 Å². The summed E-state index contributed by atoms with van der Waals surface area (Å²) in [6.45, 7) is 4.02. The summed E-state index contributed by atoms with van der Waals surface area (Å²) in [6, 6.07) is 9.66. The SMILES string of the molecule is CCOC(=O)c1c(-c2ccc(F)cc2)csc1NC(=O)C[n+]1ccc(C)cc1. The molecule has 0 saturated carbocycles. The molecule has 1 aromatic carbocycles. The Balaban J connectivity index is 1.87. The largest absolute Gasteiger partial charge is 0.462 e. The van der Waals surface area contributed by atoms with Crippen molar-refractivity contribution < 1.29 is 23.3 Å². The number of thiophene rings is 1. The van der Waals surface area contributed by atoms with E-state index in [-0.39, 0.29) is 30.4 Å². The van der Waals surface area contributed by atoms with Gasteiger partial charge in [0, 0.05) is 23.1 Å². The maximum absolute atomic E-state index is 13.2. The van der Waals surface area contributed by atoms with Crippen molar-refractivity contribution in [2.24, 2.45) is 0 Å². The number of hydrogen-bond donors (Lipinski definition) is 1. The number of hydrogen-bond acceptors (Lipinski definition) is 4. The Labute approximate surface area is 166 Å². The summed E-state index contributed by atoms with van der Waals surface area (Å²) in [7, 11) is 0. The molecule has 1 amide bonds. The monoisotopic (exact) mass is 399 g/mol.